The van der Waals surface area contributed by atoms with Crippen LogP contribution in [0.5, 0.6) is 11.8 Å². The summed E-state index contributed by atoms with van der Waals surface area (Å²) >= 11 is 12.2. The van der Waals surface area contributed by atoms with Crippen molar-refractivity contribution in [3.05, 3.63) is 184 Å². The lowest BCUT2D eigenvalue weighted by Crippen LogP contribution is -2.19. The Balaban J connectivity index is 0.000000169. The molecule has 8 heterocycles. The third-order valence-corrected chi connectivity index (χ3v) is 12.0. The highest BCUT2D eigenvalue weighted by atomic mass is 35.5. The van der Waals surface area contributed by atoms with Gasteiger partial charge in [0.15, 0.2) is 25.1 Å². The average molecular weight is 1050 g/mol. The van der Waals surface area contributed by atoms with E-state index >= 15 is 0 Å². The number of rotatable bonds is 14. The van der Waals surface area contributed by atoms with Crippen LogP contribution in [-0.2, 0) is 29.4 Å². The topological polar surface area (TPSA) is 206 Å². The van der Waals surface area contributed by atoms with E-state index in [4.69, 9.17) is 28.9 Å². The molecule has 72 heavy (non-hydrogen) atoms. The van der Waals surface area contributed by atoms with Gasteiger partial charge in [0.1, 0.15) is 17.3 Å². The van der Waals surface area contributed by atoms with Crippen molar-refractivity contribution in [1.29, 1.82) is 0 Å². The zero-order valence-electron chi connectivity index (χ0n) is 37.1. The SMILES string of the molecule is FC(F)(F)COc1ccc(CNc2ccc(Cc3c[nH]c4ncc(Cl)cc34)cn2)cn1.Nc1ccc(Cc2cn(S(=O)(=O)c3ccccc3)c3ncc(Cl)cc23)cn1.O=Cc1ccc(OCC(F)(F)F)nc1. The summed E-state index contributed by atoms with van der Waals surface area (Å²) in [5, 5.41) is 5.83. The first kappa shape index (κ1) is 52.0. The lowest BCUT2D eigenvalue weighted by molar-refractivity contribution is -0.154. The molecule has 0 unspecified atom stereocenters. The number of ether oxygens (including phenoxy) is 2. The Hall–Kier alpha value is -7.82. The van der Waals surface area contributed by atoms with Crippen molar-refractivity contribution in [2.75, 3.05) is 24.3 Å². The monoisotopic (exact) mass is 1050 g/mol. The fraction of sp³-hybridized carbons (Fsp3) is 0.146. The predicted octanol–water partition coefficient (Wildman–Crippen LogP) is 10.5. The number of carbonyl (C=O) groups excluding carboxylic acids is 1. The number of alkyl halides is 6. The largest absolute Gasteiger partial charge is 0.468 e. The Morgan fingerprint density at radius 2 is 1.26 bits per heavy atom. The summed E-state index contributed by atoms with van der Waals surface area (Å²) in [6.07, 6.45) is 5.52. The number of nitrogens with one attached hydrogen (secondary N) is 2. The fourth-order valence-electron chi connectivity index (χ4n) is 6.59. The number of halogens is 8. The fourth-order valence-corrected chi connectivity index (χ4v) is 8.27. The minimum Gasteiger partial charge on any atom is -0.468 e. The van der Waals surface area contributed by atoms with E-state index < -0.39 is 35.6 Å². The maximum Gasteiger partial charge on any atom is 0.422 e. The molecule has 8 aromatic heterocycles. The molecular weight excluding hydrogens is 1010 g/mol. The van der Waals surface area contributed by atoms with Crippen molar-refractivity contribution in [3.8, 4) is 11.8 Å². The summed E-state index contributed by atoms with van der Waals surface area (Å²) in [5.74, 6) is 0.868. The summed E-state index contributed by atoms with van der Waals surface area (Å²) in [6.45, 7) is -2.33. The Labute approximate surface area is 416 Å². The summed E-state index contributed by atoms with van der Waals surface area (Å²) in [7, 11) is -3.78. The van der Waals surface area contributed by atoms with E-state index in [1.807, 2.05) is 30.5 Å². The van der Waals surface area contributed by atoms with Crippen LogP contribution in [0.25, 0.3) is 22.1 Å². The Kier molecular flexibility index (Phi) is 16.6. The first-order chi connectivity index (χ1) is 34.3. The van der Waals surface area contributed by atoms with E-state index in [9.17, 15) is 39.6 Å². The van der Waals surface area contributed by atoms with Crippen molar-refractivity contribution in [1.82, 2.24) is 38.9 Å². The summed E-state index contributed by atoms with van der Waals surface area (Å²) in [4.78, 5) is 37.9. The number of pyridine rings is 6. The van der Waals surface area contributed by atoms with Crippen LogP contribution in [0, 0.1) is 0 Å². The minimum absolute atomic E-state index is 0.0719. The summed E-state index contributed by atoms with van der Waals surface area (Å²) in [6, 6.07) is 24.8. The molecule has 0 amide bonds. The molecule has 0 saturated carbocycles. The molecule has 24 heteroatoms. The number of anilines is 2. The number of hydrogen-bond donors (Lipinski definition) is 3. The molecule has 0 fully saturated rings. The maximum atomic E-state index is 13.1. The van der Waals surface area contributed by atoms with E-state index in [-0.39, 0.29) is 22.2 Å². The lowest BCUT2D eigenvalue weighted by Gasteiger charge is -2.09. The number of nitrogen functional groups attached to an aromatic ring is 1. The molecule has 0 bridgehead atoms. The maximum absolute atomic E-state index is 13.1. The van der Waals surface area contributed by atoms with E-state index in [0.717, 1.165) is 45.0 Å². The summed E-state index contributed by atoms with van der Waals surface area (Å²) in [5.41, 5.74) is 11.6. The van der Waals surface area contributed by atoms with E-state index in [2.05, 4.69) is 49.7 Å². The number of nitrogens with two attached hydrogens (primary N) is 1. The van der Waals surface area contributed by atoms with Gasteiger partial charge in [-0.05, 0) is 70.3 Å². The third kappa shape index (κ3) is 14.6. The van der Waals surface area contributed by atoms with E-state index in [1.165, 1.54) is 34.6 Å². The zero-order valence-corrected chi connectivity index (χ0v) is 39.4. The van der Waals surface area contributed by atoms with Crippen LogP contribution >= 0.6 is 23.2 Å². The molecule has 0 spiro atoms. The molecule has 372 valence electrons. The van der Waals surface area contributed by atoms with Gasteiger partial charge in [0.05, 0.1) is 14.9 Å². The normalized spacial score (nSPS) is 11.6. The quantitative estimate of drug-likeness (QED) is 0.0686. The van der Waals surface area contributed by atoms with Gasteiger partial charge < -0.3 is 25.5 Å². The molecule has 0 atom stereocenters. The molecule has 1 aromatic carbocycles. The Bertz CT molecular complexity index is 3350. The number of carbonyl (C=O) groups is 1. The highest BCUT2D eigenvalue weighted by Gasteiger charge is 2.29. The molecule has 0 aliphatic carbocycles. The van der Waals surface area contributed by atoms with Crippen molar-refractivity contribution in [2.24, 2.45) is 0 Å². The van der Waals surface area contributed by atoms with Crippen LogP contribution < -0.4 is 20.5 Å². The van der Waals surface area contributed by atoms with Gasteiger partial charge in [-0.25, -0.2) is 42.3 Å². The smallest absolute Gasteiger partial charge is 0.422 e. The Morgan fingerprint density at radius 3 is 1.85 bits per heavy atom. The van der Waals surface area contributed by atoms with Crippen LogP contribution in [-0.4, -0.2) is 79.1 Å². The molecule has 0 saturated heterocycles. The standard InChI is InChI=1S/C21H17ClF3N5O.C19H15ClN4O2S.C8H6F3NO2/c22-16-6-17-15(10-29-20(17)30-11-16)5-13-1-3-18(26-7-13)27-8-14-2-4-19(28-9-14)31-12-21(23,24)25;20-15-9-17-14(8-13-6-7-18(21)22-10-13)12-24(19(17)23-11-15)27(25,26)16-4-2-1-3-5-16;9-8(10,11)5-14-7-2-1-6(4-13)3-12-7/h1-4,6-7,9-11H,5,8,12H2,(H,26,27)(H,29,30);1-7,9-12H,8H2,(H2,21,22);1-4H,5H2. The molecular formula is C48H38Cl2F6N10O5S. The molecule has 0 aliphatic heterocycles. The summed E-state index contributed by atoms with van der Waals surface area (Å²) < 4.78 is 108. The zero-order chi connectivity index (χ0) is 51.5. The van der Waals surface area contributed by atoms with E-state index in [1.54, 1.807) is 73.3 Å². The first-order valence-corrected chi connectivity index (χ1v) is 23.2. The second-order valence-corrected chi connectivity index (χ2v) is 18.1. The number of fused-ring (bicyclic) bond motifs is 2. The molecule has 9 aromatic rings. The van der Waals surface area contributed by atoms with Crippen LogP contribution in [0.2, 0.25) is 10.0 Å². The minimum atomic E-state index is -4.39. The van der Waals surface area contributed by atoms with Gasteiger partial charge in [0, 0.05) is 97.4 Å². The van der Waals surface area contributed by atoms with Gasteiger partial charge >= 0.3 is 12.4 Å². The van der Waals surface area contributed by atoms with Crippen LogP contribution in [0.15, 0.2) is 145 Å². The number of aromatic amines is 1. The van der Waals surface area contributed by atoms with Gasteiger partial charge in [0.2, 0.25) is 11.8 Å². The van der Waals surface area contributed by atoms with Gasteiger partial charge in [-0.2, -0.15) is 26.3 Å². The number of benzene rings is 1. The third-order valence-electron chi connectivity index (χ3n) is 9.94. The highest BCUT2D eigenvalue weighted by molar-refractivity contribution is 7.90. The highest BCUT2D eigenvalue weighted by Crippen LogP contribution is 2.29. The second-order valence-electron chi connectivity index (χ2n) is 15.4. The molecule has 4 N–H and O–H groups in total. The van der Waals surface area contributed by atoms with Crippen molar-refractivity contribution >= 4 is 73.2 Å². The molecule has 9 rings (SSSR count). The van der Waals surface area contributed by atoms with Gasteiger partial charge in [-0.3, -0.25) is 4.79 Å². The first-order valence-electron chi connectivity index (χ1n) is 21.0. The molecule has 0 aliphatic rings. The van der Waals surface area contributed by atoms with Crippen LogP contribution in [0.4, 0.5) is 38.0 Å². The number of nitrogens with zero attached hydrogens (tertiary/aromatic N) is 7. The predicted molar refractivity (Wildman–Crippen MR) is 258 cm³/mol. The number of aromatic nitrogens is 8. The van der Waals surface area contributed by atoms with Crippen molar-refractivity contribution in [2.45, 2.75) is 36.6 Å². The van der Waals surface area contributed by atoms with E-state index in [0.29, 0.717) is 58.4 Å². The molecule has 0 radical (unpaired) electrons. The Morgan fingerprint density at radius 1 is 0.667 bits per heavy atom. The number of aldehydes is 1. The van der Waals surface area contributed by atoms with Gasteiger partial charge in [-0.15, -0.1) is 0 Å². The lowest BCUT2D eigenvalue weighted by atomic mass is 10.1. The number of hydrogen-bond acceptors (Lipinski definition) is 13. The van der Waals surface area contributed by atoms with Crippen molar-refractivity contribution < 1.29 is 49.0 Å². The average Bonchev–Trinajstić information content (AvgIpc) is 3.94. The van der Waals surface area contributed by atoms with Crippen LogP contribution in [0.3, 0.4) is 0 Å². The second kappa shape index (κ2) is 22.9. The van der Waals surface area contributed by atoms with Gasteiger partial charge in [0.25, 0.3) is 10.0 Å². The number of H-pyrrole nitrogens is 1. The van der Waals surface area contributed by atoms with Crippen molar-refractivity contribution in [3.63, 3.8) is 0 Å². The van der Waals surface area contributed by atoms with Gasteiger partial charge in [-0.1, -0.05) is 59.6 Å². The van der Waals surface area contributed by atoms with Crippen LogP contribution in [0.1, 0.15) is 38.2 Å². The molecule has 15 nitrogen and oxygen atoms in total.